The van der Waals surface area contributed by atoms with E-state index in [-0.39, 0.29) is 5.22 Å². The average molecular weight is 292 g/mol. The highest BCUT2D eigenvalue weighted by Gasteiger charge is 2.31. The van der Waals surface area contributed by atoms with Gasteiger partial charge in [0.25, 0.3) is 0 Å². The van der Waals surface area contributed by atoms with Crippen molar-refractivity contribution in [1.29, 1.82) is 0 Å². The van der Waals surface area contributed by atoms with Gasteiger partial charge in [-0.3, -0.25) is 0 Å². The van der Waals surface area contributed by atoms with Gasteiger partial charge in [-0.05, 0) is 26.2 Å². The summed E-state index contributed by atoms with van der Waals surface area (Å²) in [6.45, 7) is 1.37. The van der Waals surface area contributed by atoms with E-state index >= 15 is 0 Å². The van der Waals surface area contributed by atoms with E-state index in [4.69, 9.17) is 9.47 Å². The molecule has 0 bridgehead atoms. The van der Waals surface area contributed by atoms with E-state index in [0.717, 1.165) is 12.2 Å². The monoisotopic (exact) mass is 292 g/mol. The first-order chi connectivity index (χ1) is 10.0. The second-order valence-corrected chi connectivity index (χ2v) is 5.08. The minimum Gasteiger partial charge on any atom is -0.496 e. The summed E-state index contributed by atoms with van der Waals surface area (Å²) >= 11 is 0. The molecule has 0 aliphatic carbocycles. The Bertz CT molecular complexity index is 665. The Morgan fingerprint density at radius 1 is 1.33 bits per heavy atom. The van der Waals surface area contributed by atoms with Gasteiger partial charge in [-0.2, -0.15) is 0 Å². The van der Waals surface area contributed by atoms with Crippen LogP contribution >= 0.6 is 0 Å². The van der Waals surface area contributed by atoms with Crippen LogP contribution in [0, 0.1) is 0 Å². The van der Waals surface area contributed by atoms with Crippen LogP contribution in [0.25, 0.3) is 5.76 Å². The van der Waals surface area contributed by atoms with Crippen LogP contribution in [0.1, 0.15) is 0 Å². The van der Waals surface area contributed by atoms with Crippen LogP contribution in [0.15, 0.2) is 12.1 Å². The molecule has 0 aromatic heterocycles. The van der Waals surface area contributed by atoms with Gasteiger partial charge in [0.2, 0.25) is 0 Å². The number of hydrogen-bond acceptors (Lipinski definition) is 6. The Labute approximate surface area is 123 Å². The van der Waals surface area contributed by atoms with Gasteiger partial charge in [0.1, 0.15) is 16.9 Å². The van der Waals surface area contributed by atoms with Gasteiger partial charge in [-0.15, -0.1) is 0 Å². The maximum atomic E-state index is 11.3. The molecule has 0 fully saturated rings. The molecule has 6 heteroatoms. The predicted octanol–water partition coefficient (Wildman–Crippen LogP) is -1.35. The highest BCUT2D eigenvalue weighted by Crippen LogP contribution is 2.24. The number of benzene rings is 1. The summed E-state index contributed by atoms with van der Waals surface area (Å²) in [5.74, 6) is 2.66. The maximum Gasteiger partial charge on any atom is 0.186 e. The third-order valence-corrected chi connectivity index (χ3v) is 3.56. The van der Waals surface area contributed by atoms with Crippen molar-refractivity contribution in [1.82, 2.24) is 4.90 Å². The molecule has 1 unspecified atom stereocenters. The van der Waals surface area contributed by atoms with Crippen molar-refractivity contribution < 1.29 is 19.4 Å². The lowest BCUT2D eigenvalue weighted by molar-refractivity contribution is 0.176. The van der Waals surface area contributed by atoms with Gasteiger partial charge in [0, 0.05) is 13.1 Å². The molecule has 1 aliphatic heterocycles. The largest absolute Gasteiger partial charge is 0.496 e. The average Bonchev–Trinajstić information content (AvgIpc) is 2.75. The van der Waals surface area contributed by atoms with Crippen LogP contribution in [-0.4, -0.2) is 63.6 Å². The summed E-state index contributed by atoms with van der Waals surface area (Å²) in [6.07, 6.45) is -0.913. The van der Waals surface area contributed by atoms with Crippen LogP contribution in [0.3, 0.4) is 0 Å². The van der Waals surface area contributed by atoms with Crippen molar-refractivity contribution in [3.05, 3.63) is 22.6 Å². The van der Waals surface area contributed by atoms with E-state index in [1.165, 1.54) is 14.2 Å². The number of hydrogen-bond donors (Lipinski definition) is 1. The molecular formula is C15H20N2O4. The second kappa shape index (κ2) is 6.18. The van der Waals surface area contributed by atoms with Crippen LogP contribution < -0.4 is 20.1 Å². The van der Waals surface area contributed by atoms with Gasteiger partial charge in [0.05, 0.1) is 25.1 Å². The molecule has 1 heterocycles. The van der Waals surface area contributed by atoms with E-state index in [9.17, 15) is 9.90 Å². The van der Waals surface area contributed by atoms with Crippen molar-refractivity contribution >= 4 is 17.4 Å². The Kier molecular flexibility index (Phi) is 4.53. The third-order valence-electron chi connectivity index (χ3n) is 3.56. The third kappa shape index (κ3) is 2.61. The van der Waals surface area contributed by atoms with Gasteiger partial charge in [0.15, 0.2) is 12.0 Å². The van der Waals surface area contributed by atoms with Gasteiger partial charge in [-0.25, -0.2) is 4.79 Å². The number of ether oxygens (including phenoxy) is 2. The van der Waals surface area contributed by atoms with Gasteiger partial charge < -0.3 is 24.4 Å². The molecule has 1 N–H and O–H groups in total. The molecule has 0 spiro atoms. The molecule has 1 aromatic rings. The van der Waals surface area contributed by atoms with Crippen molar-refractivity contribution in [3.63, 3.8) is 0 Å². The molecule has 1 aliphatic rings. The Morgan fingerprint density at radius 2 is 2.05 bits per heavy atom. The summed E-state index contributed by atoms with van der Waals surface area (Å²) < 4.78 is 10.5. The topological polar surface area (TPSA) is 62.2 Å². The van der Waals surface area contributed by atoms with Crippen molar-refractivity contribution in [3.8, 4) is 5.75 Å². The first kappa shape index (κ1) is 15.4. The fourth-order valence-electron chi connectivity index (χ4n) is 2.49. The number of fused-ring (bicyclic) bond motifs is 1. The van der Waals surface area contributed by atoms with Crippen LogP contribution in [0.4, 0.5) is 5.69 Å². The molecule has 0 radical (unpaired) electrons. The fourth-order valence-corrected chi connectivity index (χ4v) is 2.49. The zero-order valence-electron chi connectivity index (χ0n) is 12.7. The van der Waals surface area contributed by atoms with E-state index in [0.29, 0.717) is 23.3 Å². The first-order valence-corrected chi connectivity index (χ1v) is 6.65. The second-order valence-electron chi connectivity index (χ2n) is 5.08. The highest BCUT2D eigenvalue weighted by atomic mass is 16.5. The van der Waals surface area contributed by atoms with E-state index in [1.54, 1.807) is 11.0 Å². The maximum absolute atomic E-state index is 11.3. The number of carbonyl (C=O) groups excluding carboxylic acids is 1. The van der Waals surface area contributed by atoms with Crippen molar-refractivity contribution in [2.24, 2.45) is 0 Å². The molecule has 1 aromatic carbocycles. The first-order valence-electron chi connectivity index (χ1n) is 6.65. The SMILES string of the molecule is COC1=c2c(ccc(OC)c2=C=O)N(CCN(C)C)C1O. The summed E-state index contributed by atoms with van der Waals surface area (Å²) in [7, 11) is 6.89. The molecule has 0 amide bonds. The molecule has 6 nitrogen and oxygen atoms in total. The van der Waals surface area contributed by atoms with E-state index in [1.807, 2.05) is 31.0 Å². The molecule has 0 saturated heterocycles. The highest BCUT2D eigenvalue weighted by molar-refractivity contribution is 5.71. The minimum absolute atomic E-state index is 0.276. The number of rotatable bonds is 5. The van der Waals surface area contributed by atoms with E-state index < -0.39 is 6.23 Å². The molecule has 1 atom stereocenters. The van der Waals surface area contributed by atoms with Crippen molar-refractivity contribution in [2.75, 3.05) is 46.3 Å². The van der Waals surface area contributed by atoms with Crippen molar-refractivity contribution in [2.45, 2.75) is 6.23 Å². The molecule has 2 rings (SSSR count). The number of methoxy groups -OCH3 is 2. The summed E-state index contributed by atoms with van der Waals surface area (Å²) in [5, 5.41) is 11.3. The Morgan fingerprint density at radius 3 is 2.57 bits per heavy atom. The zero-order valence-corrected chi connectivity index (χ0v) is 12.7. The Hall–Kier alpha value is -2.01. The number of nitrogens with zero attached hydrogens (tertiary/aromatic N) is 2. The molecule has 114 valence electrons. The lowest BCUT2D eigenvalue weighted by Gasteiger charge is -2.26. The quantitative estimate of drug-likeness (QED) is 0.724. The van der Waals surface area contributed by atoms with Crippen LogP contribution in [-0.2, 0) is 9.53 Å². The van der Waals surface area contributed by atoms with E-state index in [2.05, 4.69) is 0 Å². The number of anilines is 1. The van der Waals surface area contributed by atoms with Crippen LogP contribution in [0.5, 0.6) is 5.75 Å². The molecular weight excluding hydrogens is 272 g/mol. The molecule has 21 heavy (non-hydrogen) atoms. The molecule has 0 saturated carbocycles. The van der Waals surface area contributed by atoms with Gasteiger partial charge in [-0.1, -0.05) is 0 Å². The normalized spacial score (nSPS) is 17.0. The lowest BCUT2D eigenvalue weighted by Crippen LogP contribution is -2.38. The fraction of sp³-hybridized carbons (Fsp3) is 0.467. The smallest absolute Gasteiger partial charge is 0.186 e. The van der Waals surface area contributed by atoms with Gasteiger partial charge >= 0.3 is 0 Å². The zero-order chi connectivity index (χ0) is 15.6. The predicted molar refractivity (Wildman–Crippen MR) is 79.4 cm³/mol. The number of aliphatic hydroxyl groups excluding tert-OH is 1. The Balaban J connectivity index is 2.62. The summed E-state index contributed by atoms with van der Waals surface area (Å²) in [6, 6.07) is 3.52. The lowest BCUT2D eigenvalue weighted by atomic mass is 10.2. The number of aliphatic hydroxyl groups is 1. The minimum atomic E-state index is -0.913. The summed E-state index contributed by atoms with van der Waals surface area (Å²) in [5.41, 5.74) is 0.750. The van der Waals surface area contributed by atoms with Crippen LogP contribution in [0.2, 0.25) is 0 Å². The summed E-state index contributed by atoms with van der Waals surface area (Å²) in [4.78, 5) is 15.1. The number of likely N-dealkylation sites (N-methyl/N-ethyl adjacent to an activating group) is 1. The standard InChI is InChI=1S/C15H20N2O4/c1-16(2)7-8-17-11-5-6-12(20-3)10(9-18)13(11)14(21-4)15(17)19/h5-6,15,19H,7-8H2,1-4H3.